The van der Waals surface area contributed by atoms with Gasteiger partial charge < -0.3 is 10.0 Å². The van der Waals surface area contributed by atoms with Gasteiger partial charge in [0.25, 0.3) is 5.91 Å². The second-order valence-corrected chi connectivity index (χ2v) is 4.66. The Morgan fingerprint density at radius 2 is 2.24 bits per heavy atom. The van der Waals surface area contributed by atoms with Gasteiger partial charge in [-0.15, -0.1) is 0 Å². The Hall–Kier alpha value is -1.42. The Balaban J connectivity index is 2.22. The van der Waals surface area contributed by atoms with Crippen LogP contribution in [-0.2, 0) is 0 Å². The lowest BCUT2D eigenvalue weighted by molar-refractivity contribution is 0.0725. The van der Waals surface area contributed by atoms with Gasteiger partial charge >= 0.3 is 0 Å². The monoisotopic (exact) mass is 237 g/mol. The SMILES string of the molecule is Cc1ccc(C(=O)N2C[C@H](O)C[C@H]2C)cc1F. The largest absolute Gasteiger partial charge is 0.391 e. The zero-order valence-electron chi connectivity index (χ0n) is 9.98. The first kappa shape index (κ1) is 12.0. The van der Waals surface area contributed by atoms with Crippen LogP contribution >= 0.6 is 0 Å². The van der Waals surface area contributed by atoms with Crippen LogP contribution in [0.25, 0.3) is 0 Å². The van der Waals surface area contributed by atoms with Gasteiger partial charge in [0.2, 0.25) is 0 Å². The van der Waals surface area contributed by atoms with Crippen molar-refractivity contribution in [2.24, 2.45) is 0 Å². The molecule has 0 unspecified atom stereocenters. The lowest BCUT2D eigenvalue weighted by atomic mass is 10.1. The van der Waals surface area contributed by atoms with Crippen LogP contribution in [0.4, 0.5) is 4.39 Å². The van der Waals surface area contributed by atoms with Crippen molar-refractivity contribution in [3.05, 3.63) is 35.1 Å². The van der Waals surface area contributed by atoms with Gasteiger partial charge in [-0.1, -0.05) is 6.07 Å². The summed E-state index contributed by atoms with van der Waals surface area (Å²) in [6, 6.07) is 4.48. The lowest BCUT2D eigenvalue weighted by Crippen LogP contribution is -2.34. The third-order valence-corrected chi connectivity index (χ3v) is 3.23. The minimum Gasteiger partial charge on any atom is -0.391 e. The third-order valence-electron chi connectivity index (χ3n) is 3.23. The van der Waals surface area contributed by atoms with E-state index in [-0.39, 0.29) is 17.8 Å². The molecule has 0 spiro atoms. The Morgan fingerprint density at radius 3 is 2.76 bits per heavy atom. The summed E-state index contributed by atoms with van der Waals surface area (Å²) in [4.78, 5) is 13.7. The summed E-state index contributed by atoms with van der Waals surface area (Å²) in [5.41, 5.74) is 0.866. The van der Waals surface area contributed by atoms with E-state index >= 15 is 0 Å². The van der Waals surface area contributed by atoms with Gasteiger partial charge in [-0.05, 0) is 38.0 Å². The first-order valence-electron chi connectivity index (χ1n) is 5.74. The maximum atomic E-state index is 13.4. The molecule has 4 heteroatoms. The molecule has 0 radical (unpaired) electrons. The molecule has 1 N–H and O–H groups in total. The first-order valence-corrected chi connectivity index (χ1v) is 5.74. The number of hydrogen-bond donors (Lipinski definition) is 1. The van der Waals surface area contributed by atoms with Crippen LogP contribution in [0.3, 0.4) is 0 Å². The summed E-state index contributed by atoms with van der Waals surface area (Å²) >= 11 is 0. The third kappa shape index (κ3) is 2.31. The summed E-state index contributed by atoms with van der Waals surface area (Å²) < 4.78 is 13.4. The van der Waals surface area contributed by atoms with E-state index in [2.05, 4.69) is 0 Å². The molecule has 1 aliphatic rings. The number of amides is 1. The minimum atomic E-state index is -0.468. The highest BCUT2D eigenvalue weighted by Gasteiger charge is 2.31. The van der Waals surface area contributed by atoms with E-state index in [1.165, 1.54) is 6.07 Å². The fourth-order valence-electron chi connectivity index (χ4n) is 2.18. The molecule has 1 aliphatic heterocycles. The second kappa shape index (κ2) is 4.45. The average molecular weight is 237 g/mol. The molecule has 0 saturated carbocycles. The standard InChI is InChI=1S/C13H16FNO2/c1-8-3-4-10(6-12(8)14)13(17)15-7-11(16)5-9(15)2/h3-4,6,9,11,16H,5,7H2,1-2H3/t9-,11-/m1/s1. The first-order chi connectivity index (χ1) is 7.99. The van der Waals surface area contributed by atoms with Crippen LogP contribution in [0.1, 0.15) is 29.3 Å². The van der Waals surface area contributed by atoms with E-state index in [4.69, 9.17) is 0 Å². The molecule has 1 aromatic rings. The van der Waals surface area contributed by atoms with E-state index in [0.717, 1.165) is 0 Å². The zero-order valence-corrected chi connectivity index (χ0v) is 9.98. The molecule has 1 heterocycles. The molecular weight excluding hydrogens is 221 g/mol. The maximum Gasteiger partial charge on any atom is 0.254 e. The molecule has 2 atom stereocenters. The lowest BCUT2D eigenvalue weighted by Gasteiger charge is -2.21. The van der Waals surface area contributed by atoms with Crippen molar-refractivity contribution >= 4 is 5.91 Å². The van der Waals surface area contributed by atoms with Gasteiger partial charge in [0.1, 0.15) is 5.82 Å². The van der Waals surface area contributed by atoms with Crippen molar-refractivity contribution in [3.63, 3.8) is 0 Å². The van der Waals surface area contributed by atoms with Crippen LogP contribution in [-0.4, -0.2) is 34.6 Å². The topological polar surface area (TPSA) is 40.5 Å². The number of carbonyl (C=O) groups is 1. The highest BCUT2D eigenvalue weighted by molar-refractivity contribution is 5.94. The number of carbonyl (C=O) groups excluding carboxylic acids is 1. The zero-order chi connectivity index (χ0) is 12.6. The molecule has 2 rings (SSSR count). The normalized spacial score (nSPS) is 24.1. The number of rotatable bonds is 1. The Bertz CT molecular complexity index is 447. The number of hydrogen-bond acceptors (Lipinski definition) is 2. The summed E-state index contributed by atoms with van der Waals surface area (Å²) in [7, 11) is 0. The molecule has 92 valence electrons. The van der Waals surface area contributed by atoms with E-state index in [1.54, 1.807) is 24.0 Å². The van der Waals surface area contributed by atoms with E-state index in [1.807, 2.05) is 6.92 Å². The predicted octanol–water partition coefficient (Wildman–Crippen LogP) is 1.73. The molecule has 17 heavy (non-hydrogen) atoms. The smallest absolute Gasteiger partial charge is 0.254 e. The second-order valence-electron chi connectivity index (χ2n) is 4.66. The summed E-state index contributed by atoms with van der Waals surface area (Å²) in [5, 5.41) is 9.50. The van der Waals surface area contributed by atoms with Crippen molar-refractivity contribution in [1.29, 1.82) is 0 Å². The van der Waals surface area contributed by atoms with Crippen LogP contribution in [0.15, 0.2) is 18.2 Å². The van der Waals surface area contributed by atoms with E-state index in [0.29, 0.717) is 24.1 Å². The molecule has 3 nitrogen and oxygen atoms in total. The molecular formula is C13H16FNO2. The minimum absolute atomic E-state index is 0.00173. The number of likely N-dealkylation sites (tertiary alicyclic amines) is 1. The summed E-state index contributed by atoms with van der Waals surface area (Å²) in [5.74, 6) is -0.587. The van der Waals surface area contributed by atoms with Gasteiger partial charge in [-0.3, -0.25) is 4.79 Å². The van der Waals surface area contributed by atoms with Gasteiger partial charge in [0, 0.05) is 18.2 Å². The van der Waals surface area contributed by atoms with Crippen molar-refractivity contribution in [2.75, 3.05) is 6.54 Å². The van der Waals surface area contributed by atoms with Gasteiger partial charge in [0.15, 0.2) is 0 Å². The molecule has 1 amide bonds. The number of aryl methyl sites for hydroxylation is 1. The Kier molecular flexibility index (Phi) is 3.15. The van der Waals surface area contributed by atoms with E-state index < -0.39 is 6.10 Å². The molecule has 1 saturated heterocycles. The predicted molar refractivity (Wildman–Crippen MR) is 62.3 cm³/mol. The van der Waals surface area contributed by atoms with Crippen molar-refractivity contribution < 1.29 is 14.3 Å². The summed E-state index contributed by atoms with van der Waals surface area (Å²) in [6.45, 7) is 3.87. The van der Waals surface area contributed by atoms with Crippen LogP contribution in [0, 0.1) is 12.7 Å². The maximum absolute atomic E-state index is 13.4. The number of aliphatic hydroxyl groups is 1. The average Bonchev–Trinajstić information content (AvgIpc) is 2.61. The van der Waals surface area contributed by atoms with Crippen LogP contribution < -0.4 is 0 Å². The van der Waals surface area contributed by atoms with E-state index in [9.17, 15) is 14.3 Å². The van der Waals surface area contributed by atoms with Crippen molar-refractivity contribution in [1.82, 2.24) is 4.90 Å². The number of β-amino-alcohol motifs (C(OH)–C–C–N with tert-alkyl or cyclic N) is 1. The molecule has 1 fully saturated rings. The van der Waals surface area contributed by atoms with Gasteiger partial charge in [-0.25, -0.2) is 4.39 Å². The number of aliphatic hydroxyl groups excluding tert-OH is 1. The Labute approximate surface area is 99.9 Å². The summed E-state index contributed by atoms with van der Waals surface area (Å²) in [6.07, 6.45) is 0.115. The Morgan fingerprint density at radius 1 is 1.53 bits per heavy atom. The number of halogens is 1. The van der Waals surface area contributed by atoms with Crippen molar-refractivity contribution in [3.8, 4) is 0 Å². The molecule has 0 aliphatic carbocycles. The van der Waals surface area contributed by atoms with Crippen molar-refractivity contribution in [2.45, 2.75) is 32.4 Å². The number of nitrogens with zero attached hydrogens (tertiary/aromatic N) is 1. The van der Waals surface area contributed by atoms with Gasteiger partial charge in [-0.2, -0.15) is 0 Å². The van der Waals surface area contributed by atoms with Crippen LogP contribution in [0.2, 0.25) is 0 Å². The van der Waals surface area contributed by atoms with Crippen LogP contribution in [0.5, 0.6) is 0 Å². The quantitative estimate of drug-likeness (QED) is 0.808. The van der Waals surface area contributed by atoms with Gasteiger partial charge in [0.05, 0.1) is 6.10 Å². The fraction of sp³-hybridized carbons (Fsp3) is 0.462. The molecule has 1 aromatic carbocycles. The fourth-order valence-corrected chi connectivity index (χ4v) is 2.18. The number of benzene rings is 1. The molecule has 0 bridgehead atoms. The highest BCUT2D eigenvalue weighted by atomic mass is 19.1. The highest BCUT2D eigenvalue weighted by Crippen LogP contribution is 2.21. The molecule has 0 aromatic heterocycles.